The van der Waals surface area contributed by atoms with Crippen molar-refractivity contribution in [3.63, 3.8) is 0 Å². The Morgan fingerprint density at radius 1 is 1.11 bits per heavy atom. The van der Waals surface area contributed by atoms with Gasteiger partial charge in [0, 0.05) is 12.6 Å². The highest BCUT2D eigenvalue weighted by Crippen LogP contribution is 2.42. The van der Waals surface area contributed by atoms with Crippen molar-refractivity contribution >= 4 is 0 Å². The molecule has 2 aliphatic rings. The van der Waals surface area contributed by atoms with Gasteiger partial charge in [0.1, 0.15) is 0 Å². The van der Waals surface area contributed by atoms with E-state index in [2.05, 4.69) is 42.6 Å². The van der Waals surface area contributed by atoms with Crippen molar-refractivity contribution in [1.82, 2.24) is 5.32 Å². The highest BCUT2D eigenvalue weighted by Gasteiger charge is 2.34. The van der Waals surface area contributed by atoms with Crippen LogP contribution in [0.1, 0.15) is 63.5 Å². The number of nitrogens with one attached hydrogen (secondary N) is 1. The SMILES string of the molecule is CC1(CNC(c2ccccc2)C2CC2)CCCCC1. The predicted octanol–water partition coefficient (Wildman–Crippen LogP) is 4.70. The van der Waals surface area contributed by atoms with Crippen molar-refractivity contribution in [3.8, 4) is 0 Å². The van der Waals surface area contributed by atoms with Crippen LogP contribution >= 0.6 is 0 Å². The second kappa shape index (κ2) is 5.66. The summed E-state index contributed by atoms with van der Waals surface area (Å²) >= 11 is 0. The highest BCUT2D eigenvalue weighted by atomic mass is 14.9. The van der Waals surface area contributed by atoms with Crippen LogP contribution in [0.4, 0.5) is 0 Å². The van der Waals surface area contributed by atoms with Crippen LogP contribution in [-0.2, 0) is 0 Å². The molecule has 1 atom stereocenters. The lowest BCUT2D eigenvalue weighted by Gasteiger charge is -2.35. The van der Waals surface area contributed by atoms with Crippen LogP contribution in [0.15, 0.2) is 30.3 Å². The third kappa shape index (κ3) is 3.39. The Bertz CT molecular complexity index is 387. The summed E-state index contributed by atoms with van der Waals surface area (Å²) in [6.45, 7) is 3.68. The molecular formula is C18H27N. The molecule has 0 saturated heterocycles. The maximum Gasteiger partial charge on any atom is 0.0348 e. The summed E-state index contributed by atoms with van der Waals surface area (Å²) in [5.41, 5.74) is 2.03. The van der Waals surface area contributed by atoms with Crippen molar-refractivity contribution < 1.29 is 0 Å². The Morgan fingerprint density at radius 2 is 1.79 bits per heavy atom. The molecule has 0 aromatic heterocycles. The topological polar surface area (TPSA) is 12.0 Å². The van der Waals surface area contributed by atoms with E-state index >= 15 is 0 Å². The molecule has 1 heteroatoms. The molecule has 1 nitrogen and oxygen atoms in total. The minimum atomic E-state index is 0.542. The molecule has 1 N–H and O–H groups in total. The maximum absolute atomic E-state index is 3.91. The van der Waals surface area contributed by atoms with Crippen LogP contribution in [0.3, 0.4) is 0 Å². The van der Waals surface area contributed by atoms with Gasteiger partial charge in [0.15, 0.2) is 0 Å². The standard InChI is InChI=1S/C18H27N/c1-18(12-6-3-7-13-18)14-19-17(16-10-11-16)15-8-4-2-5-9-15/h2,4-5,8-9,16-17,19H,3,6-7,10-14H2,1H3. The number of hydrogen-bond acceptors (Lipinski definition) is 1. The normalized spacial score (nSPS) is 24.1. The van der Waals surface area contributed by atoms with E-state index in [1.807, 2.05) is 0 Å². The first-order valence-corrected chi connectivity index (χ1v) is 8.05. The molecular weight excluding hydrogens is 230 g/mol. The van der Waals surface area contributed by atoms with Crippen LogP contribution in [0.5, 0.6) is 0 Å². The fourth-order valence-corrected chi connectivity index (χ4v) is 3.59. The smallest absolute Gasteiger partial charge is 0.0348 e. The zero-order chi connectivity index (χ0) is 13.1. The average molecular weight is 257 g/mol. The van der Waals surface area contributed by atoms with E-state index in [1.165, 1.54) is 57.1 Å². The monoisotopic (exact) mass is 257 g/mol. The van der Waals surface area contributed by atoms with Gasteiger partial charge in [0.25, 0.3) is 0 Å². The average Bonchev–Trinajstić information content (AvgIpc) is 3.26. The molecule has 0 radical (unpaired) electrons. The predicted molar refractivity (Wildman–Crippen MR) is 81.1 cm³/mol. The first kappa shape index (κ1) is 13.2. The summed E-state index contributed by atoms with van der Waals surface area (Å²) in [6.07, 6.45) is 9.93. The third-order valence-electron chi connectivity index (χ3n) is 5.06. The van der Waals surface area contributed by atoms with Crippen molar-refractivity contribution in [2.75, 3.05) is 6.54 Å². The number of benzene rings is 1. The molecule has 0 aliphatic heterocycles. The molecule has 0 heterocycles. The van der Waals surface area contributed by atoms with E-state index in [4.69, 9.17) is 0 Å². The summed E-state index contributed by atoms with van der Waals surface area (Å²) in [5.74, 6) is 0.884. The molecule has 1 aromatic carbocycles. The molecule has 3 rings (SSSR count). The lowest BCUT2D eigenvalue weighted by Crippen LogP contribution is -2.36. The van der Waals surface area contributed by atoms with E-state index in [9.17, 15) is 0 Å². The first-order valence-electron chi connectivity index (χ1n) is 8.05. The fraction of sp³-hybridized carbons (Fsp3) is 0.667. The summed E-state index contributed by atoms with van der Waals surface area (Å²) in [5, 5.41) is 3.91. The number of rotatable bonds is 5. The molecule has 0 spiro atoms. The second-order valence-corrected chi connectivity index (χ2v) is 6.98. The van der Waals surface area contributed by atoms with E-state index < -0.39 is 0 Å². The summed E-state index contributed by atoms with van der Waals surface area (Å²) in [7, 11) is 0. The maximum atomic E-state index is 3.91. The second-order valence-electron chi connectivity index (χ2n) is 6.98. The van der Waals surface area contributed by atoms with Gasteiger partial charge in [0.2, 0.25) is 0 Å². The van der Waals surface area contributed by atoms with E-state index in [1.54, 1.807) is 0 Å². The van der Waals surface area contributed by atoms with E-state index in [0.29, 0.717) is 11.5 Å². The van der Waals surface area contributed by atoms with Gasteiger partial charge in [-0.05, 0) is 42.6 Å². The third-order valence-corrected chi connectivity index (χ3v) is 5.06. The minimum absolute atomic E-state index is 0.542. The highest BCUT2D eigenvalue weighted by molar-refractivity contribution is 5.21. The van der Waals surface area contributed by atoms with Gasteiger partial charge in [-0.2, -0.15) is 0 Å². The Labute approximate surface area is 117 Å². The van der Waals surface area contributed by atoms with Crippen molar-refractivity contribution in [3.05, 3.63) is 35.9 Å². The molecule has 19 heavy (non-hydrogen) atoms. The van der Waals surface area contributed by atoms with Crippen LogP contribution in [-0.4, -0.2) is 6.54 Å². The summed E-state index contributed by atoms with van der Waals surface area (Å²) in [4.78, 5) is 0. The molecule has 2 aliphatic carbocycles. The van der Waals surface area contributed by atoms with Crippen molar-refractivity contribution in [1.29, 1.82) is 0 Å². The molecule has 1 unspecified atom stereocenters. The zero-order valence-corrected chi connectivity index (χ0v) is 12.2. The zero-order valence-electron chi connectivity index (χ0n) is 12.2. The van der Waals surface area contributed by atoms with Gasteiger partial charge in [0.05, 0.1) is 0 Å². The largest absolute Gasteiger partial charge is 0.309 e. The minimum Gasteiger partial charge on any atom is -0.309 e. The molecule has 0 amide bonds. The Hall–Kier alpha value is -0.820. The molecule has 2 saturated carbocycles. The summed E-state index contributed by atoms with van der Waals surface area (Å²) in [6, 6.07) is 11.7. The number of hydrogen-bond donors (Lipinski definition) is 1. The first-order chi connectivity index (χ1) is 9.27. The fourth-order valence-electron chi connectivity index (χ4n) is 3.59. The van der Waals surface area contributed by atoms with Gasteiger partial charge in [-0.15, -0.1) is 0 Å². The van der Waals surface area contributed by atoms with E-state index in [-0.39, 0.29) is 0 Å². The van der Waals surface area contributed by atoms with Gasteiger partial charge in [-0.3, -0.25) is 0 Å². The lowest BCUT2D eigenvalue weighted by atomic mass is 9.75. The van der Waals surface area contributed by atoms with Gasteiger partial charge < -0.3 is 5.32 Å². The van der Waals surface area contributed by atoms with Crippen molar-refractivity contribution in [2.45, 2.75) is 57.9 Å². The van der Waals surface area contributed by atoms with Gasteiger partial charge >= 0.3 is 0 Å². The molecule has 2 fully saturated rings. The van der Waals surface area contributed by atoms with Crippen LogP contribution in [0, 0.1) is 11.3 Å². The lowest BCUT2D eigenvalue weighted by molar-refractivity contribution is 0.197. The quantitative estimate of drug-likeness (QED) is 0.806. The van der Waals surface area contributed by atoms with Crippen LogP contribution in [0.2, 0.25) is 0 Å². The molecule has 104 valence electrons. The molecule has 1 aromatic rings. The van der Waals surface area contributed by atoms with E-state index in [0.717, 1.165) is 5.92 Å². The Balaban J connectivity index is 1.62. The van der Waals surface area contributed by atoms with Gasteiger partial charge in [-0.25, -0.2) is 0 Å². The Kier molecular flexibility index (Phi) is 3.93. The van der Waals surface area contributed by atoms with Crippen molar-refractivity contribution in [2.24, 2.45) is 11.3 Å². The summed E-state index contributed by atoms with van der Waals surface area (Å²) < 4.78 is 0. The van der Waals surface area contributed by atoms with Gasteiger partial charge in [-0.1, -0.05) is 56.5 Å². The Morgan fingerprint density at radius 3 is 2.42 bits per heavy atom. The van der Waals surface area contributed by atoms with Crippen LogP contribution in [0.25, 0.3) is 0 Å². The van der Waals surface area contributed by atoms with Crippen LogP contribution < -0.4 is 5.32 Å². The molecule has 0 bridgehead atoms.